The zero-order valence-corrected chi connectivity index (χ0v) is 16.4. The predicted molar refractivity (Wildman–Crippen MR) is 109 cm³/mol. The number of anilines is 2. The summed E-state index contributed by atoms with van der Waals surface area (Å²) in [6, 6.07) is 12.9. The predicted octanol–water partition coefficient (Wildman–Crippen LogP) is 5.54. The van der Waals surface area contributed by atoms with Crippen molar-refractivity contribution in [1.29, 1.82) is 0 Å². The molecule has 0 saturated carbocycles. The molecule has 0 aromatic heterocycles. The molecule has 2 rings (SSSR count). The third-order valence-corrected chi connectivity index (χ3v) is 3.74. The molecular formula is C18H16Cl2N4O4. The van der Waals surface area contributed by atoms with Crippen LogP contribution in [0.15, 0.2) is 58.8 Å². The fourth-order valence-electron chi connectivity index (χ4n) is 1.70. The Bertz CT molecular complexity index is 821. The second-order valence-electron chi connectivity index (χ2n) is 5.37. The van der Waals surface area contributed by atoms with Crippen LogP contribution in [0.25, 0.3) is 0 Å². The molecule has 0 aliphatic heterocycles. The van der Waals surface area contributed by atoms with Gasteiger partial charge in [0.05, 0.1) is 0 Å². The summed E-state index contributed by atoms with van der Waals surface area (Å²) in [7, 11) is 0. The average Bonchev–Trinajstić information content (AvgIpc) is 2.67. The maximum absolute atomic E-state index is 11.7. The van der Waals surface area contributed by atoms with Crippen LogP contribution < -0.4 is 10.6 Å². The van der Waals surface area contributed by atoms with Crippen LogP contribution in [-0.2, 0) is 9.68 Å². The third kappa shape index (κ3) is 7.26. The molecule has 0 atom stereocenters. The molecule has 10 heteroatoms. The number of amides is 2. The number of carbonyl (C=O) groups excluding carboxylic acids is 2. The van der Waals surface area contributed by atoms with Crippen molar-refractivity contribution in [2.45, 2.75) is 13.8 Å². The van der Waals surface area contributed by atoms with Gasteiger partial charge in [-0.25, -0.2) is 9.59 Å². The number of nitrogens with zero attached hydrogens (tertiary/aromatic N) is 2. The number of nitrogens with one attached hydrogen (secondary N) is 2. The van der Waals surface area contributed by atoms with E-state index >= 15 is 0 Å². The minimum Gasteiger partial charge on any atom is -0.297 e. The van der Waals surface area contributed by atoms with E-state index in [1.54, 1.807) is 48.5 Å². The Morgan fingerprint density at radius 1 is 0.714 bits per heavy atom. The van der Waals surface area contributed by atoms with Crippen LogP contribution in [0.2, 0.25) is 10.0 Å². The fraction of sp³-hybridized carbons (Fsp3) is 0.111. The highest BCUT2D eigenvalue weighted by Crippen LogP contribution is 2.14. The summed E-state index contributed by atoms with van der Waals surface area (Å²) in [5.74, 6) is 0. The molecule has 0 aliphatic carbocycles. The van der Waals surface area contributed by atoms with Gasteiger partial charge in [0.2, 0.25) is 0 Å². The molecule has 0 spiro atoms. The number of halogens is 2. The normalized spacial score (nSPS) is 11.6. The number of hydrogen-bond acceptors (Lipinski definition) is 6. The first kappa shape index (κ1) is 21.2. The summed E-state index contributed by atoms with van der Waals surface area (Å²) >= 11 is 11.5. The van der Waals surface area contributed by atoms with Gasteiger partial charge in [-0.05, 0) is 62.4 Å². The number of benzene rings is 2. The van der Waals surface area contributed by atoms with Gasteiger partial charge in [-0.1, -0.05) is 33.5 Å². The van der Waals surface area contributed by atoms with Crippen molar-refractivity contribution < 1.29 is 19.3 Å². The summed E-state index contributed by atoms with van der Waals surface area (Å²) in [6.07, 6.45) is -1.59. The van der Waals surface area contributed by atoms with E-state index in [-0.39, 0.29) is 11.4 Å². The van der Waals surface area contributed by atoms with Gasteiger partial charge < -0.3 is 0 Å². The smallest absolute Gasteiger partial charge is 0.297 e. The minimum absolute atomic E-state index is 0.241. The Balaban J connectivity index is 1.83. The Labute approximate surface area is 171 Å². The van der Waals surface area contributed by atoms with Crippen LogP contribution in [0, 0.1) is 0 Å². The van der Waals surface area contributed by atoms with Crippen molar-refractivity contribution >= 4 is 58.2 Å². The highest BCUT2D eigenvalue weighted by atomic mass is 35.5. The molecule has 0 fully saturated rings. The van der Waals surface area contributed by atoms with Crippen LogP contribution >= 0.6 is 23.2 Å². The SMILES string of the molecule is CC(=N/OC(=O)Nc1ccc(Cl)cc1)/C(C)=N\OC(=O)Nc1ccc(Cl)cc1. The number of rotatable bonds is 5. The van der Waals surface area contributed by atoms with Gasteiger partial charge in [-0.3, -0.25) is 20.3 Å². The summed E-state index contributed by atoms with van der Waals surface area (Å²) in [5, 5.41) is 13.3. The Hall–Kier alpha value is -3.10. The van der Waals surface area contributed by atoms with Crippen LogP contribution in [0.3, 0.4) is 0 Å². The third-order valence-electron chi connectivity index (χ3n) is 3.24. The Morgan fingerprint density at radius 2 is 1.04 bits per heavy atom. The average molecular weight is 423 g/mol. The molecule has 2 aromatic carbocycles. The van der Waals surface area contributed by atoms with Gasteiger partial charge in [0.15, 0.2) is 0 Å². The van der Waals surface area contributed by atoms with Crippen LogP contribution in [0.1, 0.15) is 13.8 Å². The second kappa shape index (κ2) is 10.3. The molecule has 0 radical (unpaired) electrons. The number of carbonyl (C=O) groups is 2. The Kier molecular flexibility index (Phi) is 7.79. The van der Waals surface area contributed by atoms with Crippen molar-refractivity contribution in [3.63, 3.8) is 0 Å². The fourth-order valence-corrected chi connectivity index (χ4v) is 1.95. The first-order valence-corrected chi connectivity index (χ1v) is 8.66. The molecule has 0 aliphatic rings. The molecule has 0 saturated heterocycles. The van der Waals surface area contributed by atoms with Crippen LogP contribution in [-0.4, -0.2) is 23.6 Å². The molecule has 2 N–H and O–H groups in total. The molecule has 146 valence electrons. The summed E-state index contributed by atoms with van der Waals surface area (Å²) in [6.45, 7) is 3.07. The van der Waals surface area contributed by atoms with Crippen LogP contribution in [0.4, 0.5) is 21.0 Å². The number of oxime groups is 2. The molecular weight excluding hydrogens is 407 g/mol. The highest BCUT2D eigenvalue weighted by molar-refractivity contribution is 6.40. The van der Waals surface area contributed by atoms with Gasteiger partial charge in [0.25, 0.3) is 0 Å². The summed E-state index contributed by atoms with van der Waals surface area (Å²) in [4.78, 5) is 32.9. The first-order chi connectivity index (χ1) is 13.3. The van der Waals surface area contributed by atoms with E-state index in [2.05, 4.69) is 20.9 Å². The lowest BCUT2D eigenvalue weighted by atomic mass is 10.3. The zero-order chi connectivity index (χ0) is 20.5. The van der Waals surface area contributed by atoms with E-state index in [9.17, 15) is 9.59 Å². The monoisotopic (exact) mass is 422 g/mol. The van der Waals surface area contributed by atoms with E-state index in [0.29, 0.717) is 21.4 Å². The second-order valence-corrected chi connectivity index (χ2v) is 6.25. The molecule has 2 aromatic rings. The van der Waals surface area contributed by atoms with Crippen molar-refractivity contribution in [2.24, 2.45) is 10.3 Å². The quantitative estimate of drug-likeness (QED) is 0.374. The van der Waals surface area contributed by atoms with E-state index in [0.717, 1.165) is 0 Å². The van der Waals surface area contributed by atoms with E-state index in [1.807, 2.05) is 0 Å². The van der Waals surface area contributed by atoms with Crippen molar-refractivity contribution in [1.82, 2.24) is 0 Å². The zero-order valence-electron chi connectivity index (χ0n) is 14.9. The lowest BCUT2D eigenvalue weighted by molar-refractivity contribution is 0.164. The molecule has 0 bridgehead atoms. The highest BCUT2D eigenvalue weighted by Gasteiger charge is 2.07. The maximum Gasteiger partial charge on any atom is 0.437 e. The lowest BCUT2D eigenvalue weighted by Crippen LogP contribution is -2.15. The molecule has 28 heavy (non-hydrogen) atoms. The van der Waals surface area contributed by atoms with Crippen molar-refractivity contribution in [3.8, 4) is 0 Å². The maximum atomic E-state index is 11.7. The lowest BCUT2D eigenvalue weighted by Gasteiger charge is -2.04. The first-order valence-electron chi connectivity index (χ1n) is 7.90. The van der Waals surface area contributed by atoms with Gasteiger partial charge in [-0.2, -0.15) is 0 Å². The topological polar surface area (TPSA) is 101 Å². The summed E-state index contributed by atoms with van der Waals surface area (Å²) < 4.78 is 0. The van der Waals surface area contributed by atoms with E-state index in [4.69, 9.17) is 32.9 Å². The standard InChI is InChI=1S/C18H16Cl2N4O4/c1-11(23-27-17(25)21-15-7-3-13(19)4-8-15)12(2)24-28-18(26)22-16-9-5-14(20)6-10-16/h3-10H,1-2H3,(H,21,25)(H,22,26)/b23-11-,24-12-. The van der Waals surface area contributed by atoms with Crippen LogP contribution in [0.5, 0.6) is 0 Å². The molecule has 0 heterocycles. The van der Waals surface area contributed by atoms with Gasteiger partial charge >= 0.3 is 12.2 Å². The van der Waals surface area contributed by atoms with Gasteiger partial charge in [0.1, 0.15) is 11.4 Å². The van der Waals surface area contributed by atoms with E-state index < -0.39 is 12.2 Å². The minimum atomic E-state index is -0.795. The molecule has 2 amide bonds. The Morgan fingerprint density at radius 3 is 1.36 bits per heavy atom. The van der Waals surface area contributed by atoms with Crippen molar-refractivity contribution in [2.75, 3.05) is 10.6 Å². The largest absolute Gasteiger partial charge is 0.437 e. The summed E-state index contributed by atoms with van der Waals surface area (Å²) in [5.41, 5.74) is 1.47. The number of hydrogen-bond donors (Lipinski definition) is 2. The van der Waals surface area contributed by atoms with Gasteiger partial charge in [0, 0.05) is 21.4 Å². The van der Waals surface area contributed by atoms with Gasteiger partial charge in [-0.15, -0.1) is 0 Å². The van der Waals surface area contributed by atoms with E-state index in [1.165, 1.54) is 13.8 Å². The van der Waals surface area contributed by atoms with Crippen molar-refractivity contribution in [3.05, 3.63) is 58.6 Å². The molecule has 8 nitrogen and oxygen atoms in total. The molecule has 0 unspecified atom stereocenters.